The van der Waals surface area contributed by atoms with Crippen molar-refractivity contribution in [3.8, 4) is 0 Å². The Kier molecular flexibility index (Phi) is 9.07. The van der Waals surface area contributed by atoms with Gasteiger partial charge in [0.1, 0.15) is 6.17 Å². The van der Waals surface area contributed by atoms with Crippen LogP contribution in [0.1, 0.15) is 78.1 Å². The maximum absolute atomic E-state index is 12.1. The predicted octanol–water partition coefficient (Wildman–Crippen LogP) is 4.49. The Labute approximate surface area is 130 Å². The van der Waals surface area contributed by atoms with Gasteiger partial charge in [0.25, 0.3) is 0 Å². The minimum atomic E-state index is -0.277. The highest BCUT2D eigenvalue weighted by atomic mass is 16.2. The smallest absolute Gasteiger partial charge is 0.228 e. The van der Waals surface area contributed by atoms with Crippen LogP contribution in [0.25, 0.3) is 0 Å². The third kappa shape index (κ3) is 6.94. The van der Waals surface area contributed by atoms with Crippen molar-refractivity contribution in [3.63, 3.8) is 0 Å². The van der Waals surface area contributed by atoms with Gasteiger partial charge >= 0.3 is 0 Å². The lowest BCUT2D eigenvalue weighted by atomic mass is 10.1. The number of hydrogen-bond acceptors (Lipinski definition) is 2. The highest BCUT2D eigenvalue weighted by Gasteiger charge is 2.20. The van der Waals surface area contributed by atoms with E-state index in [1.165, 1.54) is 44.9 Å². The molecule has 0 bridgehead atoms. The van der Waals surface area contributed by atoms with Crippen molar-refractivity contribution in [1.82, 2.24) is 4.90 Å². The predicted molar refractivity (Wildman–Crippen MR) is 89.6 cm³/mol. The van der Waals surface area contributed by atoms with Crippen LogP contribution in [0.4, 0.5) is 0 Å². The van der Waals surface area contributed by atoms with Gasteiger partial charge in [-0.25, -0.2) is 0 Å². The van der Waals surface area contributed by atoms with Crippen LogP contribution < -0.4 is 5.73 Å². The Bertz CT molecular complexity index is 360. The molecule has 1 aliphatic rings. The summed E-state index contributed by atoms with van der Waals surface area (Å²) in [7, 11) is 0. The number of nitrogens with zero attached hydrogens (tertiary/aromatic N) is 1. The average molecular weight is 292 g/mol. The van der Waals surface area contributed by atoms with Crippen molar-refractivity contribution in [2.24, 2.45) is 5.73 Å². The number of rotatable bonds is 10. The van der Waals surface area contributed by atoms with Gasteiger partial charge in [-0.1, -0.05) is 64.4 Å². The first kappa shape index (κ1) is 18.0. The van der Waals surface area contributed by atoms with Crippen LogP contribution in [0.5, 0.6) is 0 Å². The van der Waals surface area contributed by atoms with Crippen LogP contribution in [0.3, 0.4) is 0 Å². The van der Waals surface area contributed by atoms with Gasteiger partial charge in [0.2, 0.25) is 5.91 Å². The van der Waals surface area contributed by atoms with Gasteiger partial charge in [0, 0.05) is 12.6 Å². The van der Waals surface area contributed by atoms with E-state index in [-0.39, 0.29) is 12.1 Å². The van der Waals surface area contributed by atoms with Gasteiger partial charge in [-0.05, 0) is 25.0 Å². The summed E-state index contributed by atoms with van der Waals surface area (Å²) in [6, 6.07) is 0. The zero-order valence-electron chi connectivity index (χ0n) is 13.8. The molecule has 0 aromatic heterocycles. The molecule has 2 N–H and O–H groups in total. The van der Waals surface area contributed by atoms with Crippen molar-refractivity contribution in [2.45, 2.75) is 84.2 Å². The van der Waals surface area contributed by atoms with E-state index in [1.54, 1.807) is 11.1 Å². The first-order chi connectivity index (χ1) is 10.2. The van der Waals surface area contributed by atoms with Gasteiger partial charge in [-0.2, -0.15) is 0 Å². The fraction of sp³-hybridized carbons (Fsp3) is 0.722. The molecule has 21 heavy (non-hydrogen) atoms. The summed E-state index contributed by atoms with van der Waals surface area (Å²) in [4.78, 5) is 13.8. The minimum absolute atomic E-state index is 0.147. The van der Waals surface area contributed by atoms with Crippen LogP contribution >= 0.6 is 0 Å². The molecule has 0 spiro atoms. The Morgan fingerprint density at radius 2 is 1.67 bits per heavy atom. The first-order valence-electron chi connectivity index (χ1n) is 8.58. The highest BCUT2D eigenvalue weighted by molar-refractivity contribution is 5.78. The van der Waals surface area contributed by atoms with Crippen LogP contribution in [-0.4, -0.2) is 17.0 Å². The second kappa shape index (κ2) is 10.6. The molecule has 0 radical (unpaired) electrons. The molecule has 3 nitrogen and oxygen atoms in total. The average Bonchev–Trinajstić information content (AvgIpc) is 2.48. The minimum Gasteiger partial charge on any atom is -0.307 e. The van der Waals surface area contributed by atoms with Crippen molar-refractivity contribution in [2.75, 3.05) is 0 Å². The summed E-state index contributed by atoms with van der Waals surface area (Å²) in [5.41, 5.74) is 7.06. The van der Waals surface area contributed by atoms with Crippen LogP contribution in [0.15, 0.2) is 23.9 Å². The van der Waals surface area contributed by atoms with E-state index in [0.29, 0.717) is 6.42 Å². The SMILES string of the molecule is CCCCCCCCCCCC(=O)N1C=CC=C(C)C1N. The summed E-state index contributed by atoms with van der Waals surface area (Å²) in [6.07, 6.45) is 17.5. The normalized spacial score (nSPS) is 18.0. The molecule has 0 saturated carbocycles. The summed E-state index contributed by atoms with van der Waals surface area (Å²) in [5.74, 6) is 0.147. The largest absolute Gasteiger partial charge is 0.307 e. The van der Waals surface area contributed by atoms with Crippen molar-refractivity contribution in [3.05, 3.63) is 23.9 Å². The van der Waals surface area contributed by atoms with Gasteiger partial charge in [0.15, 0.2) is 0 Å². The number of unbranched alkanes of at least 4 members (excludes halogenated alkanes) is 8. The van der Waals surface area contributed by atoms with Crippen LogP contribution in [0.2, 0.25) is 0 Å². The second-order valence-corrected chi connectivity index (χ2v) is 6.08. The quantitative estimate of drug-likeness (QED) is 0.603. The van der Waals surface area contributed by atoms with E-state index in [1.807, 2.05) is 19.1 Å². The number of carbonyl (C=O) groups is 1. The maximum atomic E-state index is 12.1. The molecular formula is C18H32N2O. The third-order valence-corrected chi connectivity index (χ3v) is 4.15. The number of carbonyl (C=O) groups excluding carboxylic acids is 1. The second-order valence-electron chi connectivity index (χ2n) is 6.08. The molecule has 1 aliphatic heterocycles. The van der Waals surface area contributed by atoms with Crippen LogP contribution in [-0.2, 0) is 4.79 Å². The lowest BCUT2D eigenvalue weighted by Crippen LogP contribution is -2.44. The topological polar surface area (TPSA) is 46.3 Å². The fourth-order valence-electron chi connectivity index (χ4n) is 2.65. The van der Waals surface area contributed by atoms with Crippen LogP contribution in [0, 0.1) is 0 Å². The van der Waals surface area contributed by atoms with E-state index in [2.05, 4.69) is 6.92 Å². The Morgan fingerprint density at radius 3 is 2.29 bits per heavy atom. The Balaban J connectivity index is 2.04. The molecule has 1 atom stereocenters. The molecule has 0 fully saturated rings. The van der Waals surface area contributed by atoms with Gasteiger partial charge in [-0.3, -0.25) is 9.69 Å². The molecule has 1 rings (SSSR count). The lowest BCUT2D eigenvalue weighted by molar-refractivity contribution is -0.130. The van der Waals surface area contributed by atoms with E-state index < -0.39 is 0 Å². The molecule has 0 saturated heterocycles. The zero-order valence-corrected chi connectivity index (χ0v) is 13.8. The van der Waals surface area contributed by atoms with Gasteiger partial charge < -0.3 is 5.73 Å². The van der Waals surface area contributed by atoms with Crippen molar-refractivity contribution >= 4 is 5.91 Å². The standard InChI is InChI=1S/C18H32N2O/c1-3-4-5-6-7-8-9-10-11-14-17(21)20-15-12-13-16(2)18(20)19/h12-13,15,18H,3-11,14,19H2,1-2H3. The lowest BCUT2D eigenvalue weighted by Gasteiger charge is -2.28. The number of amides is 1. The highest BCUT2D eigenvalue weighted by Crippen LogP contribution is 2.15. The van der Waals surface area contributed by atoms with Gasteiger partial charge in [0.05, 0.1) is 0 Å². The number of allylic oxidation sites excluding steroid dienone is 2. The van der Waals surface area contributed by atoms with E-state index in [4.69, 9.17) is 5.73 Å². The summed E-state index contributed by atoms with van der Waals surface area (Å²) in [6.45, 7) is 4.21. The zero-order chi connectivity index (χ0) is 15.5. The van der Waals surface area contributed by atoms with E-state index in [0.717, 1.165) is 18.4 Å². The van der Waals surface area contributed by atoms with E-state index >= 15 is 0 Å². The molecule has 120 valence electrons. The first-order valence-corrected chi connectivity index (χ1v) is 8.58. The molecule has 3 heteroatoms. The van der Waals surface area contributed by atoms with E-state index in [9.17, 15) is 4.79 Å². The fourth-order valence-corrected chi connectivity index (χ4v) is 2.65. The van der Waals surface area contributed by atoms with Crippen molar-refractivity contribution < 1.29 is 4.79 Å². The third-order valence-electron chi connectivity index (χ3n) is 4.15. The molecule has 0 aliphatic carbocycles. The summed E-state index contributed by atoms with van der Waals surface area (Å²) >= 11 is 0. The Morgan fingerprint density at radius 1 is 1.10 bits per heavy atom. The number of nitrogens with two attached hydrogens (primary N) is 1. The van der Waals surface area contributed by atoms with Crippen molar-refractivity contribution in [1.29, 1.82) is 0 Å². The Hall–Kier alpha value is -1.09. The summed E-state index contributed by atoms with van der Waals surface area (Å²) < 4.78 is 0. The maximum Gasteiger partial charge on any atom is 0.228 e. The van der Waals surface area contributed by atoms with Gasteiger partial charge in [-0.15, -0.1) is 0 Å². The summed E-state index contributed by atoms with van der Waals surface area (Å²) in [5, 5.41) is 0. The molecule has 1 unspecified atom stereocenters. The molecule has 1 amide bonds. The molecule has 0 aromatic carbocycles. The monoisotopic (exact) mass is 292 g/mol. The number of hydrogen-bond donors (Lipinski definition) is 1. The molecule has 0 aromatic rings. The molecular weight excluding hydrogens is 260 g/mol. The molecule has 1 heterocycles.